The third-order valence-corrected chi connectivity index (χ3v) is 5.93. The number of nitrogens with zero attached hydrogens (tertiary/aromatic N) is 2. The summed E-state index contributed by atoms with van der Waals surface area (Å²) >= 11 is 0. The number of carbonyl (C=O) groups excluding carboxylic acids is 2. The zero-order valence-electron chi connectivity index (χ0n) is 20.2. The van der Waals surface area contributed by atoms with E-state index in [0.29, 0.717) is 35.0 Å². The van der Waals surface area contributed by atoms with E-state index in [-0.39, 0.29) is 37.8 Å². The average molecular weight is 503 g/mol. The molecule has 4 rings (SSSR count). The molecule has 0 aliphatic rings. The summed E-state index contributed by atoms with van der Waals surface area (Å²) in [6.07, 6.45) is 1.17. The van der Waals surface area contributed by atoms with E-state index < -0.39 is 17.2 Å². The predicted octanol–water partition coefficient (Wildman–Crippen LogP) is 3.43. The second-order valence-corrected chi connectivity index (χ2v) is 8.62. The van der Waals surface area contributed by atoms with Gasteiger partial charge in [-0.25, -0.2) is 9.18 Å². The fraction of sp³-hybridized carbons (Fsp3) is 0.214. The van der Waals surface area contributed by atoms with E-state index in [2.05, 4.69) is 10.6 Å². The third kappa shape index (κ3) is 6.58. The van der Waals surface area contributed by atoms with Gasteiger partial charge in [-0.2, -0.15) is 0 Å². The van der Waals surface area contributed by atoms with Crippen molar-refractivity contribution < 1.29 is 14.0 Å². The van der Waals surface area contributed by atoms with Crippen LogP contribution in [-0.2, 0) is 29.2 Å². The van der Waals surface area contributed by atoms with E-state index in [9.17, 15) is 23.6 Å². The Kier molecular flexibility index (Phi) is 8.25. The Morgan fingerprint density at radius 2 is 1.49 bits per heavy atom. The van der Waals surface area contributed by atoms with E-state index in [1.165, 1.54) is 16.7 Å². The van der Waals surface area contributed by atoms with Crippen LogP contribution in [0.25, 0.3) is 10.9 Å². The summed E-state index contributed by atoms with van der Waals surface area (Å²) in [5.41, 5.74) is 0.770. The predicted molar refractivity (Wildman–Crippen MR) is 140 cm³/mol. The first kappa shape index (κ1) is 25.6. The van der Waals surface area contributed by atoms with Crippen LogP contribution in [0.15, 0.2) is 88.5 Å². The summed E-state index contributed by atoms with van der Waals surface area (Å²) in [6, 6.07) is 21.5. The van der Waals surface area contributed by atoms with Gasteiger partial charge in [0, 0.05) is 25.2 Å². The van der Waals surface area contributed by atoms with Gasteiger partial charge in [0.15, 0.2) is 0 Å². The van der Waals surface area contributed by atoms with Crippen LogP contribution in [-0.4, -0.2) is 20.9 Å². The highest BCUT2D eigenvalue weighted by Crippen LogP contribution is 2.10. The summed E-state index contributed by atoms with van der Waals surface area (Å²) in [5, 5.41) is 5.86. The molecular formula is C28H27FN4O4. The molecule has 190 valence electrons. The molecule has 1 heterocycles. The maximum atomic E-state index is 13.2. The van der Waals surface area contributed by atoms with Crippen LogP contribution in [0.3, 0.4) is 0 Å². The summed E-state index contributed by atoms with van der Waals surface area (Å²) in [4.78, 5) is 51.1. The van der Waals surface area contributed by atoms with Gasteiger partial charge in [0.2, 0.25) is 11.8 Å². The molecule has 0 saturated heterocycles. The highest BCUT2D eigenvalue weighted by Gasteiger charge is 2.15. The summed E-state index contributed by atoms with van der Waals surface area (Å²) in [5.74, 6) is -0.932. The number of aromatic nitrogens is 2. The summed E-state index contributed by atoms with van der Waals surface area (Å²) < 4.78 is 15.5. The molecule has 3 aromatic carbocycles. The second-order valence-electron chi connectivity index (χ2n) is 8.62. The molecule has 0 fully saturated rings. The van der Waals surface area contributed by atoms with Crippen molar-refractivity contribution in [3.05, 3.63) is 111 Å². The van der Waals surface area contributed by atoms with Gasteiger partial charge < -0.3 is 10.6 Å². The van der Waals surface area contributed by atoms with Crippen LogP contribution in [0.5, 0.6) is 0 Å². The van der Waals surface area contributed by atoms with Gasteiger partial charge in [-0.05, 0) is 54.8 Å². The molecule has 2 amide bonds. The van der Waals surface area contributed by atoms with Gasteiger partial charge in [-0.15, -0.1) is 0 Å². The monoisotopic (exact) mass is 502 g/mol. The van der Waals surface area contributed by atoms with E-state index in [0.717, 1.165) is 4.57 Å². The van der Waals surface area contributed by atoms with Crippen LogP contribution in [0.4, 0.5) is 10.1 Å². The van der Waals surface area contributed by atoms with Gasteiger partial charge in [0.05, 0.1) is 10.9 Å². The fourth-order valence-electron chi connectivity index (χ4n) is 4.02. The largest absolute Gasteiger partial charge is 0.350 e. The SMILES string of the molecule is O=C(Cn1c(=O)n(CCCCC(=O)Nc2ccccc2)c(=O)c2ccccc21)NCc1ccc(F)cc1. The lowest BCUT2D eigenvalue weighted by Crippen LogP contribution is -2.42. The second kappa shape index (κ2) is 11.9. The van der Waals surface area contributed by atoms with Crippen molar-refractivity contribution in [1.29, 1.82) is 0 Å². The molecule has 0 unspecified atom stereocenters. The number of hydrogen-bond acceptors (Lipinski definition) is 4. The first-order valence-corrected chi connectivity index (χ1v) is 12.0. The van der Waals surface area contributed by atoms with Crippen molar-refractivity contribution >= 4 is 28.4 Å². The van der Waals surface area contributed by atoms with Crippen molar-refractivity contribution in [2.45, 2.75) is 38.9 Å². The summed E-state index contributed by atoms with van der Waals surface area (Å²) in [7, 11) is 0. The number of unbranched alkanes of at least 4 members (excludes halogenated alkanes) is 1. The number of hydrogen-bond donors (Lipinski definition) is 2. The molecule has 37 heavy (non-hydrogen) atoms. The number of halogens is 1. The number of rotatable bonds is 10. The fourth-order valence-corrected chi connectivity index (χ4v) is 4.02. The van der Waals surface area contributed by atoms with E-state index >= 15 is 0 Å². The zero-order chi connectivity index (χ0) is 26.2. The third-order valence-electron chi connectivity index (χ3n) is 5.93. The molecule has 0 saturated carbocycles. The number of anilines is 1. The molecule has 0 aliphatic carbocycles. The quantitative estimate of drug-likeness (QED) is 0.325. The lowest BCUT2D eigenvalue weighted by molar-refractivity contribution is -0.122. The van der Waals surface area contributed by atoms with Crippen molar-refractivity contribution in [1.82, 2.24) is 14.5 Å². The summed E-state index contributed by atoms with van der Waals surface area (Å²) in [6.45, 7) is 0.0229. The minimum atomic E-state index is -0.589. The molecule has 2 N–H and O–H groups in total. The topological polar surface area (TPSA) is 102 Å². The van der Waals surface area contributed by atoms with Crippen molar-refractivity contribution in [3.8, 4) is 0 Å². The normalized spacial score (nSPS) is 10.8. The van der Waals surface area contributed by atoms with E-state index in [4.69, 9.17) is 0 Å². The van der Waals surface area contributed by atoms with E-state index in [1.807, 2.05) is 18.2 Å². The number of amides is 2. The Morgan fingerprint density at radius 3 is 2.24 bits per heavy atom. The van der Waals surface area contributed by atoms with Crippen LogP contribution >= 0.6 is 0 Å². The molecule has 0 atom stereocenters. The van der Waals surface area contributed by atoms with Crippen molar-refractivity contribution in [2.75, 3.05) is 5.32 Å². The van der Waals surface area contributed by atoms with Gasteiger partial charge in [-0.1, -0.05) is 42.5 Å². The van der Waals surface area contributed by atoms with Gasteiger partial charge in [0.1, 0.15) is 12.4 Å². The molecule has 1 aromatic heterocycles. The first-order valence-electron chi connectivity index (χ1n) is 12.0. The van der Waals surface area contributed by atoms with Gasteiger partial charge in [-0.3, -0.25) is 23.5 Å². The highest BCUT2D eigenvalue weighted by molar-refractivity contribution is 5.90. The molecule has 0 aliphatic heterocycles. The minimum absolute atomic E-state index is 0.123. The lowest BCUT2D eigenvalue weighted by Gasteiger charge is -2.14. The standard InChI is InChI=1S/C28H27FN4O4/c29-21-15-13-20(14-16-21)18-30-26(35)19-33-24-11-5-4-10-23(24)27(36)32(28(33)37)17-7-6-12-25(34)31-22-8-2-1-3-9-22/h1-5,8-11,13-16H,6-7,12,17-19H2,(H,30,35)(H,31,34). The smallest absolute Gasteiger partial charge is 0.331 e. The Hall–Kier alpha value is -4.53. The molecule has 0 spiro atoms. The molecule has 9 heteroatoms. The average Bonchev–Trinajstić information content (AvgIpc) is 2.91. The Labute approximate surface area is 212 Å². The number of para-hydroxylation sites is 2. The van der Waals surface area contributed by atoms with Crippen LogP contribution < -0.4 is 21.9 Å². The maximum absolute atomic E-state index is 13.2. The molecule has 4 aromatic rings. The van der Waals surface area contributed by atoms with Crippen LogP contribution in [0, 0.1) is 5.82 Å². The van der Waals surface area contributed by atoms with Crippen LogP contribution in [0.1, 0.15) is 24.8 Å². The molecule has 8 nitrogen and oxygen atoms in total. The van der Waals surface area contributed by atoms with Crippen molar-refractivity contribution in [3.63, 3.8) is 0 Å². The lowest BCUT2D eigenvalue weighted by atomic mass is 10.2. The molecule has 0 bridgehead atoms. The number of benzene rings is 3. The minimum Gasteiger partial charge on any atom is -0.350 e. The zero-order valence-corrected chi connectivity index (χ0v) is 20.2. The maximum Gasteiger partial charge on any atom is 0.331 e. The Balaban J connectivity index is 1.44. The van der Waals surface area contributed by atoms with Gasteiger partial charge >= 0.3 is 5.69 Å². The first-order chi connectivity index (χ1) is 17.9. The Morgan fingerprint density at radius 1 is 0.784 bits per heavy atom. The number of fused-ring (bicyclic) bond motifs is 1. The van der Waals surface area contributed by atoms with Crippen molar-refractivity contribution in [2.24, 2.45) is 0 Å². The van der Waals surface area contributed by atoms with E-state index in [1.54, 1.807) is 48.5 Å². The van der Waals surface area contributed by atoms with Gasteiger partial charge in [0.25, 0.3) is 5.56 Å². The molecular weight excluding hydrogens is 475 g/mol. The number of nitrogens with one attached hydrogen (secondary N) is 2. The highest BCUT2D eigenvalue weighted by atomic mass is 19.1. The molecule has 0 radical (unpaired) electrons. The number of carbonyl (C=O) groups is 2. The van der Waals surface area contributed by atoms with Crippen LogP contribution in [0.2, 0.25) is 0 Å². The Bertz CT molecular complexity index is 1510.